The number of nitrogen functional groups attached to an aromatic ring is 1. The van der Waals surface area contributed by atoms with Crippen molar-refractivity contribution in [3.05, 3.63) is 35.9 Å². The molecule has 2 aromatic rings. The van der Waals surface area contributed by atoms with Crippen molar-refractivity contribution >= 4 is 11.7 Å². The van der Waals surface area contributed by atoms with Crippen LogP contribution in [-0.2, 0) is 11.3 Å². The molecule has 3 heterocycles. The van der Waals surface area contributed by atoms with Crippen LogP contribution in [0.3, 0.4) is 0 Å². The van der Waals surface area contributed by atoms with E-state index >= 15 is 0 Å². The maximum Gasteiger partial charge on any atom is 0.257 e. The van der Waals surface area contributed by atoms with E-state index < -0.39 is 0 Å². The number of aromatic nitrogens is 2. The summed E-state index contributed by atoms with van der Waals surface area (Å²) in [4.78, 5) is 14.6. The largest absolute Gasteiger partial charge is 0.471 e. The number of amides is 1. The Morgan fingerprint density at radius 3 is 2.95 bits per heavy atom. The first kappa shape index (κ1) is 14.6. The third kappa shape index (κ3) is 2.71. The number of carbonyl (C=O) groups is 1. The molecular weight excluding hydrogens is 284 g/mol. The van der Waals surface area contributed by atoms with Gasteiger partial charge in [0.2, 0.25) is 0 Å². The summed E-state index contributed by atoms with van der Waals surface area (Å²) in [6, 6.07) is 1.76. The summed E-state index contributed by atoms with van der Waals surface area (Å²) in [7, 11) is 1.67. The first-order chi connectivity index (χ1) is 10.6. The molecule has 2 N–H and O–H groups in total. The molecular formula is C15H20N4O3. The van der Waals surface area contributed by atoms with E-state index in [1.54, 1.807) is 24.1 Å². The summed E-state index contributed by atoms with van der Waals surface area (Å²) in [5.74, 6) is 0.445. The maximum atomic E-state index is 12.8. The summed E-state index contributed by atoms with van der Waals surface area (Å²) in [5, 5.41) is 4.20. The second-order valence-corrected chi connectivity index (χ2v) is 5.64. The molecule has 1 aliphatic heterocycles. The van der Waals surface area contributed by atoms with Crippen molar-refractivity contribution in [1.29, 1.82) is 0 Å². The Kier molecular flexibility index (Phi) is 3.89. The van der Waals surface area contributed by atoms with Crippen molar-refractivity contribution < 1.29 is 13.9 Å². The van der Waals surface area contributed by atoms with Crippen molar-refractivity contribution in [3.8, 4) is 0 Å². The number of likely N-dealkylation sites (tertiary alicyclic amines) is 1. The van der Waals surface area contributed by atoms with Crippen LogP contribution in [0.2, 0.25) is 0 Å². The summed E-state index contributed by atoms with van der Waals surface area (Å²) < 4.78 is 12.3. The van der Waals surface area contributed by atoms with Gasteiger partial charge in [-0.2, -0.15) is 5.10 Å². The van der Waals surface area contributed by atoms with Gasteiger partial charge in [0, 0.05) is 19.9 Å². The molecule has 0 bridgehead atoms. The van der Waals surface area contributed by atoms with Gasteiger partial charge in [0.25, 0.3) is 5.91 Å². The van der Waals surface area contributed by atoms with Gasteiger partial charge in [0.15, 0.2) is 0 Å². The van der Waals surface area contributed by atoms with E-state index in [1.165, 1.54) is 6.26 Å². The van der Waals surface area contributed by atoms with E-state index in [1.807, 2.05) is 18.0 Å². The van der Waals surface area contributed by atoms with Crippen molar-refractivity contribution in [2.45, 2.75) is 32.0 Å². The first-order valence-electron chi connectivity index (χ1n) is 7.24. The van der Waals surface area contributed by atoms with Gasteiger partial charge in [-0.25, -0.2) is 0 Å². The van der Waals surface area contributed by atoms with Gasteiger partial charge in [-0.3, -0.25) is 9.48 Å². The van der Waals surface area contributed by atoms with Crippen LogP contribution in [0.25, 0.3) is 0 Å². The number of hydrogen-bond donors (Lipinski definition) is 1. The Balaban J connectivity index is 1.80. The zero-order valence-electron chi connectivity index (χ0n) is 12.7. The average Bonchev–Trinajstić information content (AvgIpc) is 3.19. The molecule has 3 rings (SSSR count). The SMILES string of the molecule is CO[C@@H]1C[C@@H](Cn2ccc(N)n2)N(C(=O)c2cocc2C)C1. The second kappa shape index (κ2) is 5.84. The number of anilines is 1. The van der Waals surface area contributed by atoms with E-state index in [2.05, 4.69) is 5.10 Å². The molecule has 2 atom stereocenters. The Morgan fingerprint density at radius 1 is 1.55 bits per heavy atom. The topological polar surface area (TPSA) is 86.5 Å². The van der Waals surface area contributed by atoms with Crippen LogP contribution in [-0.4, -0.2) is 46.4 Å². The van der Waals surface area contributed by atoms with Crippen LogP contribution in [0.15, 0.2) is 29.2 Å². The smallest absolute Gasteiger partial charge is 0.257 e. The van der Waals surface area contributed by atoms with Crippen molar-refractivity contribution in [1.82, 2.24) is 14.7 Å². The molecule has 0 unspecified atom stereocenters. The molecule has 1 amide bonds. The lowest BCUT2D eigenvalue weighted by atomic mass is 10.1. The highest BCUT2D eigenvalue weighted by molar-refractivity contribution is 5.95. The molecule has 7 nitrogen and oxygen atoms in total. The maximum absolute atomic E-state index is 12.8. The normalized spacial score (nSPS) is 21.5. The number of methoxy groups -OCH3 is 1. The van der Waals surface area contributed by atoms with Crippen LogP contribution >= 0.6 is 0 Å². The zero-order chi connectivity index (χ0) is 15.7. The van der Waals surface area contributed by atoms with Gasteiger partial charge in [0.1, 0.15) is 12.1 Å². The molecule has 0 aromatic carbocycles. The highest BCUT2D eigenvalue weighted by atomic mass is 16.5. The second-order valence-electron chi connectivity index (χ2n) is 5.64. The molecule has 0 spiro atoms. The minimum Gasteiger partial charge on any atom is -0.471 e. The quantitative estimate of drug-likeness (QED) is 0.920. The fourth-order valence-corrected chi connectivity index (χ4v) is 2.90. The average molecular weight is 304 g/mol. The molecule has 1 fully saturated rings. The number of aryl methyl sites for hydroxylation is 1. The fourth-order valence-electron chi connectivity index (χ4n) is 2.90. The lowest BCUT2D eigenvalue weighted by Crippen LogP contribution is -2.38. The summed E-state index contributed by atoms with van der Waals surface area (Å²) in [6.07, 6.45) is 5.72. The predicted molar refractivity (Wildman–Crippen MR) is 80.3 cm³/mol. The lowest BCUT2D eigenvalue weighted by molar-refractivity contribution is 0.0677. The third-order valence-corrected chi connectivity index (χ3v) is 4.12. The van der Waals surface area contributed by atoms with Gasteiger partial charge in [-0.05, 0) is 25.0 Å². The molecule has 7 heteroatoms. The monoisotopic (exact) mass is 304 g/mol. The molecule has 0 saturated carbocycles. The van der Waals surface area contributed by atoms with Gasteiger partial charge < -0.3 is 19.8 Å². The Bertz CT molecular complexity index is 663. The van der Waals surface area contributed by atoms with Gasteiger partial charge in [-0.15, -0.1) is 0 Å². The predicted octanol–water partition coefficient (Wildman–Crippen LogP) is 1.30. The molecule has 2 aromatic heterocycles. The number of ether oxygens (including phenoxy) is 1. The number of hydrogen-bond acceptors (Lipinski definition) is 5. The van der Waals surface area contributed by atoms with Crippen LogP contribution in [0.5, 0.6) is 0 Å². The lowest BCUT2D eigenvalue weighted by Gasteiger charge is -2.24. The third-order valence-electron chi connectivity index (χ3n) is 4.12. The van der Waals surface area contributed by atoms with Crippen LogP contribution in [0, 0.1) is 6.92 Å². The highest BCUT2D eigenvalue weighted by Crippen LogP contribution is 2.25. The molecule has 0 radical (unpaired) electrons. The van der Waals surface area contributed by atoms with E-state index in [4.69, 9.17) is 14.9 Å². The fraction of sp³-hybridized carbons (Fsp3) is 0.467. The number of furan rings is 1. The number of carbonyl (C=O) groups excluding carboxylic acids is 1. The standard InChI is InChI=1S/C15H20N4O3/c1-10-8-22-9-13(10)15(20)19-7-12(21-2)5-11(19)6-18-4-3-14(16)17-18/h3-4,8-9,11-12H,5-7H2,1-2H3,(H2,16,17)/t11-,12+/m0/s1. The summed E-state index contributed by atoms with van der Waals surface area (Å²) >= 11 is 0. The molecule has 1 aliphatic rings. The van der Waals surface area contributed by atoms with Crippen LogP contribution in [0.1, 0.15) is 22.3 Å². The molecule has 118 valence electrons. The van der Waals surface area contributed by atoms with Gasteiger partial charge in [0.05, 0.1) is 30.5 Å². The molecule has 0 aliphatic carbocycles. The number of nitrogens with two attached hydrogens (primary N) is 1. The number of nitrogens with zero attached hydrogens (tertiary/aromatic N) is 3. The minimum absolute atomic E-state index is 0.0195. The van der Waals surface area contributed by atoms with E-state index in [0.29, 0.717) is 24.5 Å². The van der Waals surface area contributed by atoms with Crippen molar-refractivity contribution in [3.63, 3.8) is 0 Å². The van der Waals surface area contributed by atoms with Gasteiger partial charge in [-0.1, -0.05) is 0 Å². The van der Waals surface area contributed by atoms with E-state index in [9.17, 15) is 4.79 Å². The molecule has 1 saturated heterocycles. The van der Waals surface area contributed by atoms with Gasteiger partial charge >= 0.3 is 0 Å². The minimum atomic E-state index is -0.0315. The van der Waals surface area contributed by atoms with E-state index in [0.717, 1.165) is 12.0 Å². The highest BCUT2D eigenvalue weighted by Gasteiger charge is 2.36. The number of rotatable bonds is 4. The summed E-state index contributed by atoms with van der Waals surface area (Å²) in [5.41, 5.74) is 7.09. The van der Waals surface area contributed by atoms with Crippen molar-refractivity contribution in [2.24, 2.45) is 0 Å². The first-order valence-corrected chi connectivity index (χ1v) is 7.24. The zero-order valence-corrected chi connectivity index (χ0v) is 12.7. The molecule has 22 heavy (non-hydrogen) atoms. The Morgan fingerprint density at radius 2 is 2.36 bits per heavy atom. The van der Waals surface area contributed by atoms with Crippen LogP contribution in [0.4, 0.5) is 5.82 Å². The van der Waals surface area contributed by atoms with Crippen LogP contribution < -0.4 is 5.73 Å². The Labute approximate surface area is 128 Å². The summed E-state index contributed by atoms with van der Waals surface area (Å²) in [6.45, 7) is 3.03. The van der Waals surface area contributed by atoms with Crippen molar-refractivity contribution in [2.75, 3.05) is 19.4 Å². The van der Waals surface area contributed by atoms with E-state index in [-0.39, 0.29) is 18.1 Å². The Hall–Kier alpha value is -2.28.